The molecule has 0 radical (unpaired) electrons. The fourth-order valence-electron chi connectivity index (χ4n) is 11.3. The van der Waals surface area contributed by atoms with Gasteiger partial charge in [0.1, 0.15) is 0 Å². The maximum atomic E-state index is 2.40. The Morgan fingerprint density at radius 1 is 0.243 bits per heavy atom. The Kier molecular flexibility index (Phi) is 10.1. The van der Waals surface area contributed by atoms with Crippen molar-refractivity contribution < 1.29 is 0 Å². The molecule has 0 amide bonds. The van der Waals surface area contributed by atoms with Gasteiger partial charge in [-0.3, -0.25) is 0 Å². The summed E-state index contributed by atoms with van der Waals surface area (Å²) >= 11 is 0. The number of anilines is 3. The van der Waals surface area contributed by atoms with Crippen LogP contribution < -0.4 is 4.90 Å². The second-order valence-corrected chi connectivity index (χ2v) is 18.4. The van der Waals surface area contributed by atoms with E-state index in [1.165, 1.54) is 99.4 Å². The Morgan fingerprint density at radius 2 is 0.729 bits per heavy atom. The third kappa shape index (κ3) is 6.94. The molecule has 1 heteroatoms. The molecule has 1 nitrogen and oxygen atoms in total. The van der Waals surface area contributed by atoms with Crippen molar-refractivity contribution in [3.63, 3.8) is 0 Å². The molecule has 328 valence electrons. The molecule has 0 fully saturated rings. The molecule has 13 rings (SSSR count). The van der Waals surface area contributed by atoms with Gasteiger partial charge in [-0.2, -0.15) is 0 Å². The average molecular weight is 890 g/mol. The van der Waals surface area contributed by atoms with Crippen LogP contribution in [0.5, 0.6) is 0 Å². The van der Waals surface area contributed by atoms with E-state index in [2.05, 4.69) is 290 Å². The van der Waals surface area contributed by atoms with E-state index in [4.69, 9.17) is 0 Å². The van der Waals surface area contributed by atoms with E-state index in [0.717, 1.165) is 17.1 Å². The van der Waals surface area contributed by atoms with Crippen molar-refractivity contribution in [2.24, 2.45) is 0 Å². The summed E-state index contributed by atoms with van der Waals surface area (Å²) in [4.78, 5) is 2.40. The molecule has 0 N–H and O–H groups in total. The van der Waals surface area contributed by atoms with Crippen LogP contribution in [0.3, 0.4) is 0 Å². The molecule has 0 bridgehead atoms. The van der Waals surface area contributed by atoms with Gasteiger partial charge in [-0.1, -0.05) is 243 Å². The number of hydrogen-bond acceptors (Lipinski definition) is 1. The smallest absolute Gasteiger partial charge is 0.0713 e. The van der Waals surface area contributed by atoms with Gasteiger partial charge >= 0.3 is 0 Å². The molecule has 0 unspecified atom stereocenters. The Balaban J connectivity index is 0.920. The predicted molar refractivity (Wildman–Crippen MR) is 295 cm³/mol. The molecule has 12 aromatic rings. The summed E-state index contributed by atoms with van der Waals surface area (Å²) in [6, 6.07) is 105. The summed E-state index contributed by atoms with van der Waals surface area (Å²) in [6.07, 6.45) is 0. The maximum absolute atomic E-state index is 2.40. The van der Waals surface area contributed by atoms with Crippen molar-refractivity contribution in [1.82, 2.24) is 0 Å². The minimum atomic E-state index is -0.473. The molecule has 0 spiro atoms. The second kappa shape index (κ2) is 17.2. The van der Waals surface area contributed by atoms with Crippen molar-refractivity contribution >= 4 is 38.6 Å². The molecule has 1 aliphatic carbocycles. The topological polar surface area (TPSA) is 3.24 Å². The first-order valence-corrected chi connectivity index (χ1v) is 24.2. The highest BCUT2D eigenvalue weighted by molar-refractivity contribution is 5.98. The van der Waals surface area contributed by atoms with E-state index in [1.54, 1.807) is 0 Å². The quantitative estimate of drug-likeness (QED) is 0.140. The van der Waals surface area contributed by atoms with E-state index in [1.807, 2.05) is 0 Å². The van der Waals surface area contributed by atoms with Crippen LogP contribution in [0.1, 0.15) is 22.3 Å². The van der Waals surface area contributed by atoms with Gasteiger partial charge in [0, 0.05) is 17.1 Å². The molecule has 0 aromatic heterocycles. The number of nitrogens with zero attached hydrogens (tertiary/aromatic N) is 1. The van der Waals surface area contributed by atoms with Gasteiger partial charge in [0.25, 0.3) is 0 Å². The minimum Gasteiger partial charge on any atom is -0.310 e. The van der Waals surface area contributed by atoms with Crippen LogP contribution in [0.15, 0.2) is 285 Å². The lowest BCUT2D eigenvalue weighted by atomic mass is 9.67. The molecule has 0 aliphatic heterocycles. The number of benzene rings is 12. The summed E-state index contributed by atoms with van der Waals surface area (Å²) in [5.41, 5.74) is 20.1. The Bertz CT molecular complexity index is 3810. The predicted octanol–water partition coefficient (Wildman–Crippen LogP) is 18.5. The normalized spacial score (nSPS) is 12.4. The van der Waals surface area contributed by atoms with Crippen LogP contribution >= 0.6 is 0 Å². The van der Waals surface area contributed by atoms with E-state index in [0.29, 0.717) is 0 Å². The summed E-state index contributed by atoms with van der Waals surface area (Å²) in [5, 5.41) is 5.01. The summed E-state index contributed by atoms with van der Waals surface area (Å²) in [6.45, 7) is 0. The monoisotopic (exact) mass is 889 g/mol. The molecular formula is C69H47N. The van der Waals surface area contributed by atoms with Gasteiger partial charge in [0.05, 0.1) is 5.41 Å². The lowest BCUT2D eigenvalue weighted by Crippen LogP contribution is -2.28. The van der Waals surface area contributed by atoms with Gasteiger partial charge in [-0.05, 0) is 142 Å². The Morgan fingerprint density at radius 3 is 1.44 bits per heavy atom. The second-order valence-electron chi connectivity index (χ2n) is 18.4. The van der Waals surface area contributed by atoms with Crippen LogP contribution in [0.2, 0.25) is 0 Å². The lowest BCUT2D eigenvalue weighted by Gasteiger charge is -2.34. The fourth-order valence-corrected chi connectivity index (χ4v) is 11.3. The zero-order valence-corrected chi connectivity index (χ0v) is 38.6. The van der Waals surface area contributed by atoms with E-state index >= 15 is 0 Å². The zero-order chi connectivity index (χ0) is 46.4. The summed E-state index contributed by atoms with van der Waals surface area (Å²) in [7, 11) is 0. The molecule has 0 heterocycles. The first kappa shape index (κ1) is 41.2. The zero-order valence-electron chi connectivity index (χ0n) is 38.6. The third-order valence-corrected chi connectivity index (χ3v) is 14.6. The molecule has 0 saturated carbocycles. The minimum absolute atomic E-state index is 0.473. The highest BCUT2D eigenvalue weighted by Crippen LogP contribution is 2.58. The lowest BCUT2D eigenvalue weighted by molar-refractivity contribution is 0.768. The largest absolute Gasteiger partial charge is 0.310 e. The van der Waals surface area contributed by atoms with Gasteiger partial charge in [-0.15, -0.1) is 0 Å². The summed E-state index contributed by atoms with van der Waals surface area (Å²) < 4.78 is 0. The average Bonchev–Trinajstić information content (AvgIpc) is 3.75. The van der Waals surface area contributed by atoms with Gasteiger partial charge in [-0.25, -0.2) is 0 Å². The number of hydrogen-bond donors (Lipinski definition) is 0. The van der Waals surface area contributed by atoms with Crippen LogP contribution in [0.25, 0.3) is 77.2 Å². The summed E-state index contributed by atoms with van der Waals surface area (Å²) in [5.74, 6) is 0. The number of fused-ring (bicyclic) bond motifs is 5. The molecule has 0 atom stereocenters. The van der Waals surface area contributed by atoms with Crippen molar-refractivity contribution in [3.05, 3.63) is 307 Å². The highest BCUT2D eigenvalue weighted by atomic mass is 15.1. The van der Waals surface area contributed by atoms with E-state index in [-0.39, 0.29) is 0 Å². The fraction of sp³-hybridized carbons (Fsp3) is 0.0145. The van der Waals surface area contributed by atoms with Crippen molar-refractivity contribution in [2.45, 2.75) is 5.41 Å². The van der Waals surface area contributed by atoms with Crippen LogP contribution in [-0.2, 0) is 5.41 Å². The molecule has 12 aromatic carbocycles. The Hall–Kier alpha value is -9.04. The van der Waals surface area contributed by atoms with Crippen molar-refractivity contribution in [1.29, 1.82) is 0 Å². The third-order valence-electron chi connectivity index (χ3n) is 14.6. The van der Waals surface area contributed by atoms with Crippen LogP contribution in [0.4, 0.5) is 17.1 Å². The first-order chi connectivity index (χ1) is 34.7. The molecule has 70 heavy (non-hydrogen) atoms. The van der Waals surface area contributed by atoms with Crippen molar-refractivity contribution in [3.8, 4) is 55.6 Å². The van der Waals surface area contributed by atoms with E-state index in [9.17, 15) is 0 Å². The van der Waals surface area contributed by atoms with Gasteiger partial charge in [0.15, 0.2) is 0 Å². The number of rotatable bonds is 9. The maximum Gasteiger partial charge on any atom is 0.0713 e. The van der Waals surface area contributed by atoms with Gasteiger partial charge < -0.3 is 4.90 Å². The van der Waals surface area contributed by atoms with Crippen molar-refractivity contribution in [2.75, 3.05) is 4.90 Å². The van der Waals surface area contributed by atoms with Gasteiger partial charge in [0.2, 0.25) is 0 Å². The molecule has 0 saturated heterocycles. The first-order valence-electron chi connectivity index (χ1n) is 24.2. The highest BCUT2D eigenvalue weighted by Gasteiger charge is 2.46. The van der Waals surface area contributed by atoms with Crippen LogP contribution in [0, 0.1) is 0 Å². The standard InChI is InChI=1S/C69H47N/c1-3-21-57(22-4-1)69(58-23-5-2-6-24-58)66-30-12-11-27-65(66)68-64(29-15-31-67(68)69)56-20-13-25-61(47-56)70(60-44-40-51(41-45-60)55-37-34-48-16-7-8-18-54(48)46-55)59-42-38-50(39-43-59)49-32-35-53(36-33-49)63-28-14-19-52-17-9-10-26-62(52)63/h1-47H. The van der Waals surface area contributed by atoms with E-state index < -0.39 is 5.41 Å². The van der Waals surface area contributed by atoms with Crippen LogP contribution in [-0.4, -0.2) is 0 Å². The molecule has 1 aliphatic rings. The molecular weight excluding hydrogens is 843 g/mol. The Labute approximate surface area is 409 Å². The SMILES string of the molecule is c1ccc(C2(c3ccccc3)c3ccccc3-c3c(-c4cccc(N(c5ccc(-c6ccc(-c7cccc8ccccc78)cc6)cc5)c5ccc(-c6ccc7ccccc7c6)cc5)c4)cccc32)cc1.